The molecule has 0 amide bonds. The monoisotopic (exact) mass is 295 g/mol. The molecular formula is C16H22ClNO2. The molecule has 0 radical (unpaired) electrons. The van der Waals surface area contributed by atoms with Crippen molar-refractivity contribution in [3.8, 4) is 5.75 Å². The maximum absolute atomic E-state index is 12.2. The van der Waals surface area contributed by atoms with Crippen molar-refractivity contribution in [2.24, 2.45) is 0 Å². The van der Waals surface area contributed by atoms with E-state index in [-0.39, 0.29) is 5.78 Å². The first-order valence-corrected chi connectivity index (χ1v) is 7.76. The number of piperidine rings is 1. The van der Waals surface area contributed by atoms with E-state index in [1.165, 1.54) is 19.3 Å². The standard InChI is InChI=1S/C16H22ClNO2/c1-2-10-20-16-7-6-13(11-14(16)17)15(19)12-18-8-4-3-5-9-18/h6-7,11H,2-5,8-10,12H2,1H3. The lowest BCUT2D eigenvalue weighted by Gasteiger charge is -2.25. The second kappa shape index (κ2) is 7.65. The van der Waals surface area contributed by atoms with Gasteiger partial charge in [-0.1, -0.05) is 24.9 Å². The number of nitrogens with zero attached hydrogens (tertiary/aromatic N) is 1. The largest absolute Gasteiger partial charge is 0.492 e. The minimum atomic E-state index is 0.135. The fraction of sp³-hybridized carbons (Fsp3) is 0.562. The van der Waals surface area contributed by atoms with Crippen LogP contribution in [0.5, 0.6) is 5.75 Å². The minimum Gasteiger partial charge on any atom is -0.492 e. The Balaban J connectivity index is 1.97. The SMILES string of the molecule is CCCOc1ccc(C(=O)CN2CCCCC2)cc1Cl. The smallest absolute Gasteiger partial charge is 0.176 e. The van der Waals surface area contributed by atoms with Gasteiger partial charge in [-0.15, -0.1) is 0 Å². The zero-order valence-corrected chi connectivity index (χ0v) is 12.8. The van der Waals surface area contributed by atoms with Crippen molar-refractivity contribution >= 4 is 17.4 Å². The number of carbonyl (C=O) groups excluding carboxylic acids is 1. The minimum absolute atomic E-state index is 0.135. The molecule has 3 nitrogen and oxygen atoms in total. The van der Waals surface area contributed by atoms with Crippen LogP contribution in [0.1, 0.15) is 43.0 Å². The summed E-state index contributed by atoms with van der Waals surface area (Å²) in [7, 11) is 0. The normalized spacial score (nSPS) is 16.1. The average Bonchev–Trinajstić information content (AvgIpc) is 2.47. The summed E-state index contributed by atoms with van der Waals surface area (Å²) in [5.74, 6) is 0.791. The Morgan fingerprint density at radius 2 is 2.05 bits per heavy atom. The maximum Gasteiger partial charge on any atom is 0.176 e. The van der Waals surface area contributed by atoms with Crippen LogP contribution in [0.25, 0.3) is 0 Å². The van der Waals surface area contributed by atoms with Gasteiger partial charge in [0, 0.05) is 5.56 Å². The van der Waals surface area contributed by atoms with Crippen molar-refractivity contribution in [2.75, 3.05) is 26.2 Å². The molecule has 1 aromatic rings. The number of ether oxygens (including phenoxy) is 1. The quantitative estimate of drug-likeness (QED) is 0.748. The summed E-state index contributed by atoms with van der Waals surface area (Å²) in [4.78, 5) is 14.5. The van der Waals surface area contributed by atoms with E-state index in [2.05, 4.69) is 4.90 Å². The summed E-state index contributed by atoms with van der Waals surface area (Å²) in [6, 6.07) is 5.32. The molecule has 0 N–H and O–H groups in total. The van der Waals surface area contributed by atoms with Crippen LogP contribution in [0.3, 0.4) is 0 Å². The Kier molecular flexibility index (Phi) is 5.86. The molecule has 0 aromatic heterocycles. The molecule has 0 aliphatic carbocycles. The third-order valence-corrected chi connectivity index (χ3v) is 3.83. The molecule has 1 aliphatic rings. The fourth-order valence-electron chi connectivity index (χ4n) is 2.42. The third-order valence-electron chi connectivity index (χ3n) is 3.53. The van der Waals surface area contributed by atoms with E-state index in [4.69, 9.17) is 16.3 Å². The van der Waals surface area contributed by atoms with Gasteiger partial charge in [0.2, 0.25) is 0 Å². The van der Waals surface area contributed by atoms with Gasteiger partial charge in [0.1, 0.15) is 5.75 Å². The van der Waals surface area contributed by atoms with Crippen LogP contribution in [-0.2, 0) is 0 Å². The number of carbonyl (C=O) groups is 1. The molecule has 1 aliphatic heterocycles. The Labute approximate surface area is 125 Å². The molecule has 0 saturated carbocycles. The molecular weight excluding hydrogens is 274 g/mol. The van der Waals surface area contributed by atoms with E-state index < -0.39 is 0 Å². The number of likely N-dealkylation sites (tertiary alicyclic amines) is 1. The van der Waals surface area contributed by atoms with Gasteiger partial charge < -0.3 is 4.74 Å². The molecule has 2 rings (SSSR count). The molecule has 0 unspecified atom stereocenters. The Hall–Kier alpha value is -1.06. The average molecular weight is 296 g/mol. The summed E-state index contributed by atoms with van der Waals surface area (Å²) in [6.45, 7) is 5.23. The number of ketones is 1. The zero-order valence-electron chi connectivity index (χ0n) is 12.0. The van der Waals surface area contributed by atoms with Crippen molar-refractivity contribution in [3.05, 3.63) is 28.8 Å². The highest BCUT2D eigenvalue weighted by Gasteiger charge is 2.16. The van der Waals surface area contributed by atoms with Crippen LogP contribution < -0.4 is 4.74 Å². The molecule has 1 fully saturated rings. The predicted molar refractivity (Wildman–Crippen MR) is 81.9 cm³/mol. The molecule has 1 aromatic carbocycles. The molecule has 1 saturated heterocycles. The summed E-state index contributed by atoms with van der Waals surface area (Å²) >= 11 is 6.16. The second-order valence-corrected chi connectivity index (χ2v) is 5.66. The molecule has 20 heavy (non-hydrogen) atoms. The highest BCUT2D eigenvalue weighted by Crippen LogP contribution is 2.26. The maximum atomic E-state index is 12.2. The van der Waals surface area contributed by atoms with Crippen molar-refractivity contribution < 1.29 is 9.53 Å². The van der Waals surface area contributed by atoms with Gasteiger partial charge in [0.15, 0.2) is 5.78 Å². The number of Topliss-reactive ketones (excluding diaryl/α,β-unsaturated/α-hetero) is 1. The van der Waals surface area contributed by atoms with Gasteiger partial charge in [-0.25, -0.2) is 0 Å². The van der Waals surface area contributed by atoms with Gasteiger partial charge in [-0.05, 0) is 50.6 Å². The number of benzene rings is 1. The summed E-state index contributed by atoms with van der Waals surface area (Å²) in [5, 5.41) is 0.517. The Morgan fingerprint density at radius 1 is 1.30 bits per heavy atom. The molecule has 1 heterocycles. The van der Waals surface area contributed by atoms with E-state index >= 15 is 0 Å². The van der Waals surface area contributed by atoms with E-state index in [9.17, 15) is 4.79 Å². The third kappa shape index (κ3) is 4.22. The number of hydrogen-bond acceptors (Lipinski definition) is 3. The molecule has 0 spiro atoms. The molecule has 110 valence electrons. The molecule has 4 heteroatoms. The lowest BCUT2D eigenvalue weighted by atomic mass is 10.1. The van der Waals surface area contributed by atoms with Crippen molar-refractivity contribution in [3.63, 3.8) is 0 Å². The van der Waals surface area contributed by atoms with Gasteiger partial charge in [0.05, 0.1) is 18.2 Å². The van der Waals surface area contributed by atoms with Gasteiger partial charge in [-0.2, -0.15) is 0 Å². The van der Waals surface area contributed by atoms with E-state index in [1.807, 2.05) is 13.0 Å². The number of halogens is 1. The van der Waals surface area contributed by atoms with Crippen LogP contribution in [0.2, 0.25) is 5.02 Å². The van der Waals surface area contributed by atoms with Crippen LogP contribution >= 0.6 is 11.6 Å². The van der Waals surface area contributed by atoms with Crippen LogP contribution in [-0.4, -0.2) is 36.9 Å². The molecule has 0 bridgehead atoms. The van der Waals surface area contributed by atoms with E-state index in [0.717, 1.165) is 19.5 Å². The number of hydrogen-bond donors (Lipinski definition) is 0. The van der Waals surface area contributed by atoms with Crippen LogP contribution in [0.4, 0.5) is 0 Å². The van der Waals surface area contributed by atoms with E-state index in [1.54, 1.807) is 12.1 Å². The van der Waals surface area contributed by atoms with Crippen molar-refractivity contribution in [1.29, 1.82) is 0 Å². The highest BCUT2D eigenvalue weighted by molar-refractivity contribution is 6.32. The second-order valence-electron chi connectivity index (χ2n) is 5.25. The Morgan fingerprint density at radius 3 is 2.70 bits per heavy atom. The summed E-state index contributed by atoms with van der Waals surface area (Å²) in [5.41, 5.74) is 0.671. The first kappa shape index (κ1) is 15.3. The fourth-order valence-corrected chi connectivity index (χ4v) is 2.65. The summed E-state index contributed by atoms with van der Waals surface area (Å²) in [6.07, 6.45) is 4.60. The topological polar surface area (TPSA) is 29.5 Å². The van der Waals surface area contributed by atoms with Gasteiger partial charge in [-0.3, -0.25) is 9.69 Å². The highest BCUT2D eigenvalue weighted by atomic mass is 35.5. The van der Waals surface area contributed by atoms with Gasteiger partial charge in [0.25, 0.3) is 0 Å². The predicted octanol–water partition coefficient (Wildman–Crippen LogP) is 3.80. The van der Waals surface area contributed by atoms with Crippen LogP contribution in [0, 0.1) is 0 Å². The zero-order chi connectivity index (χ0) is 14.4. The lowest BCUT2D eigenvalue weighted by Crippen LogP contribution is -2.34. The first-order chi connectivity index (χ1) is 9.70. The van der Waals surface area contributed by atoms with Crippen molar-refractivity contribution in [1.82, 2.24) is 4.90 Å². The Bertz CT molecular complexity index is 456. The first-order valence-electron chi connectivity index (χ1n) is 7.38. The number of rotatable bonds is 6. The van der Waals surface area contributed by atoms with Gasteiger partial charge >= 0.3 is 0 Å². The van der Waals surface area contributed by atoms with Crippen molar-refractivity contribution in [2.45, 2.75) is 32.6 Å². The van der Waals surface area contributed by atoms with E-state index in [0.29, 0.717) is 29.5 Å². The van der Waals surface area contributed by atoms with Crippen LogP contribution in [0.15, 0.2) is 18.2 Å². The molecule has 0 atom stereocenters. The lowest BCUT2D eigenvalue weighted by molar-refractivity contribution is 0.0915. The summed E-state index contributed by atoms with van der Waals surface area (Å²) < 4.78 is 5.52.